The third-order valence-corrected chi connectivity index (χ3v) is 1.53. The molecular formula is C4H8NO5S. The Bertz CT molecular complexity index is 221. The van der Waals surface area contributed by atoms with Crippen molar-refractivity contribution in [2.45, 2.75) is 0 Å². The summed E-state index contributed by atoms with van der Waals surface area (Å²) in [6.45, 7) is -1.18. The van der Waals surface area contributed by atoms with Gasteiger partial charge in [-0.25, -0.2) is 5.11 Å². The molecule has 0 saturated carbocycles. The van der Waals surface area contributed by atoms with Crippen molar-refractivity contribution in [3.63, 3.8) is 0 Å². The van der Waals surface area contributed by atoms with Gasteiger partial charge >= 0.3 is 0 Å². The first kappa shape index (κ1) is 10.3. The van der Waals surface area contributed by atoms with Crippen molar-refractivity contribution in [3.8, 4) is 0 Å². The lowest BCUT2D eigenvalue weighted by molar-refractivity contribution is -0.125. The van der Waals surface area contributed by atoms with E-state index in [0.29, 0.717) is 0 Å². The summed E-state index contributed by atoms with van der Waals surface area (Å²) < 4.78 is 28.2. The van der Waals surface area contributed by atoms with E-state index >= 15 is 0 Å². The Kier molecular flexibility index (Phi) is 4.01. The van der Waals surface area contributed by atoms with Crippen LogP contribution in [-0.2, 0) is 20.0 Å². The van der Waals surface area contributed by atoms with Crippen LogP contribution in [0.1, 0.15) is 0 Å². The molecular weight excluding hydrogens is 174 g/mol. The highest BCUT2D eigenvalue weighted by Gasteiger charge is 2.04. The second kappa shape index (κ2) is 4.27. The van der Waals surface area contributed by atoms with E-state index in [9.17, 15) is 18.3 Å². The van der Waals surface area contributed by atoms with Gasteiger partial charge in [0.25, 0.3) is 10.1 Å². The molecule has 0 aliphatic carbocycles. The molecule has 0 heterocycles. The van der Waals surface area contributed by atoms with Gasteiger partial charge in [-0.2, -0.15) is 8.42 Å². The zero-order valence-electron chi connectivity index (χ0n) is 5.61. The molecule has 0 aromatic heterocycles. The summed E-state index contributed by atoms with van der Waals surface area (Å²) in [5.74, 6) is -1.35. The summed E-state index contributed by atoms with van der Waals surface area (Å²) in [6, 6.07) is 0. The largest absolute Gasteiger partial charge is 0.353 e. The first-order valence-electron chi connectivity index (χ1n) is 2.75. The number of nitrogens with one attached hydrogen (secondary N) is 1. The number of carbonyl (C=O) groups excluding carboxylic acids is 1. The van der Waals surface area contributed by atoms with Crippen molar-refractivity contribution in [2.75, 3.05) is 18.9 Å². The Labute approximate surface area is 64.0 Å². The Morgan fingerprint density at radius 3 is 2.36 bits per heavy atom. The zero-order valence-corrected chi connectivity index (χ0v) is 6.43. The maximum Gasteiger partial charge on any atom is 0.266 e. The van der Waals surface area contributed by atoms with Crippen LogP contribution in [0, 0.1) is 0 Å². The molecule has 1 radical (unpaired) electrons. The minimum Gasteiger partial charge on any atom is -0.353 e. The van der Waals surface area contributed by atoms with E-state index in [2.05, 4.69) is 0 Å². The number of hydrogen-bond donors (Lipinski definition) is 2. The minimum absolute atomic E-state index is 0.236. The van der Waals surface area contributed by atoms with Crippen molar-refractivity contribution in [1.29, 1.82) is 0 Å². The van der Waals surface area contributed by atoms with Gasteiger partial charge in [-0.3, -0.25) is 9.35 Å². The van der Waals surface area contributed by atoms with Crippen molar-refractivity contribution in [1.82, 2.24) is 5.32 Å². The second-order valence-electron chi connectivity index (χ2n) is 1.78. The van der Waals surface area contributed by atoms with Gasteiger partial charge in [-0.1, -0.05) is 0 Å². The van der Waals surface area contributed by atoms with Crippen molar-refractivity contribution >= 4 is 16.0 Å². The lowest BCUT2D eigenvalue weighted by Gasteiger charge is -1.98. The average Bonchev–Trinajstić information content (AvgIpc) is 1.85. The smallest absolute Gasteiger partial charge is 0.266 e. The fourth-order valence-corrected chi connectivity index (χ4v) is 0.730. The molecule has 11 heavy (non-hydrogen) atoms. The molecule has 0 spiro atoms. The van der Waals surface area contributed by atoms with Gasteiger partial charge in [-0.15, -0.1) is 0 Å². The Morgan fingerprint density at radius 2 is 2.00 bits per heavy atom. The van der Waals surface area contributed by atoms with E-state index in [1.54, 1.807) is 0 Å². The first-order valence-corrected chi connectivity index (χ1v) is 4.36. The van der Waals surface area contributed by atoms with Crippen LogP contribution in [-0.4, -0.2) is 37.8 Å². The molecule has 0 aromatic rings. The molecule has 0 aliphatic heterocycles. The summed E-state index contributed by atoms with van der Waals surface area (Å²) in [6.07, 6.45) is 0. The van der Waals surface area contributed by atoms with E-state index in [4.69, 9.17) is 4.55 Å². The molecule has 0 rings (SSSR count). The quantitative estimate of drug-likeness (QED) is 0.512. The number of amides is 1. The van der Waals surface area contributed by atoms with Crippen LogP contribution in [0.15, 0.2) is 0 Å². The molecule has 6 nitrogen and oxygen atoms in total. The second-order valence-corrected chi connectivity index (χ2v) is 3.35. The maximum absolute atomic E-state index is 10.2. The Balaban J connectivity index is 3.51. The van der Waals surface area contributed by atoms with Gasteiger partial charge in [0.15, 0.2) is 6.61 Å². The molecule has 0 bridgehead atoms. The average molecular weight is 182 g/mol. The van der Waals surface area contributed by atoms with Crippen molar-refractivity contribution in [3.05, 3.63) is 0 Å². The van der Waals surface area contributed by atoms with Crippen LogP contribution in [0.4, 0.5) is 0 Å². The fourth-order valence-electron chi connectivity index (χ4n) is 0.370. The van der Waals surface area contributed by atoms with Gasteiger partial charge in [0.1, 0.15) is 0 Å². The van der Waals surface area contributed by atoms with E-state index < -0.39 is 28.4 Å². The number of rotatable bonds is 4. The molecule has 0 aromatic carbocycles. The molecule has 0 saturated heterocycles. The van der Waals surface area contributed by atoms with Crippen LogP contribution in [0.5, 0.6) is 0 Å². The van der Waals surface area contributed by atoms with Gasteiger partial charge in [0, 0.05) is 6.54 Å². The van der Waals surface area contributed by atoms with Gasteiger partial charge in [-0.05, 0) is 0 Å². The summed E-state index contributed by atoms with van der Waals surface area (Å²) in [7, 11) is -4.04. The topological polar surface area (TPSA) is 103 Å². The van der Waals surface area contributed by atoms with Gasteiger partial charge in [0.2, 0.25) is 5.91 Å². The minimum atomic E-state index is -4.04. The highest BCUT2D eigenvalue weighted by molar-refractivity contribution is 7.85. The lowest BCUT2D eigenvalue weighted by atomic mass is 10.6. The van der Waals surface area contributed by atoms with Crippen LogP contribution in [0.25, 0.3) is 0 Å². The van der Waals surface area contributed by atoms with E-state index in [0.717, 1.165) is 0 Å². The highest BCUT2D eigenvalue weighted by Crippen LogP contribution is 1.78. The third-order valence-electron chi connectivity index (χ3n) is 0.813. The predicted molar refractivity (Wildman–Crippen MR) is 35.0 cm³/mol. The third kappa shape index (κ3) is 7.23. The molecule has 0 aliphatic rings. The Hall–Kier alpha value is -0.660. The predicted octanol–water partition coefficient (Wildman–Crippen LogP) is -1.58. The lowest BCUT2D eigenvalue weighted by Crippen LogP contribution is -2.30. The molecule has 0 fully saturated rings. The van der Waals surface area contributed by atoms with E-state index in [1.165, 1.54) is 0 Å². The zero-order chi connectivity index (χ0) is 8.91. The number of carbonyl (C=O) groups is 1. The number of hydrogen-bond acceptors (Lipinski definition) is 3. The molecule has 0 unspecified atom stereocenters. The molecule has 1 amide bonds. The standard InChI is InChI=1S/C4H8NO5S/c6-3-4(7)5-1-2-11(8,9)10/h1-3H2,(H,5,7)(H,8,9,10). The fraction of sp³-hybridized carbons (Fsp3) is 0.750. The van der Waals surface area contributed by atoms with E-state index in [-0.39, 0.29) is 6.54 Å². The van der Waals surface area contributed by atoms with Crippen molar-refractivity contribution < 1.29 is 22.9 Å². The molecule has 65 valence electrons. The molecule has 7 heteroatoms. The van der Waals surface area contributed by atoms with E-state index in [1.807, 2.05) is 5.32 Å². The normalized spacial score (nSPS) is 11.1. The SMILES string of the molecule is [O]CC(=O)NCCS(=O)(=O)O. The first-order chi connectivity index (χ1) is 4.95. The summed E-state index contributed by atoms with van der Waals surface area (Å²) in [5, 5.41) is 11.8. The Morgan fingerprint density at radius 1 is 1.45 bits per heavy atom. The summed E-state index contributed by atoms with van der Waals surface area (Å²) in [5.41, 5.74) is 0. The highest BCUT2D eigenvalue weighted by atomic mass is 32.2. The van der Waals surface area contributed by atoms with Crippen LogP contribution in [0.2, 0.25) is 0 Å². The summed E-state index contributed by atoms with van der Waals surface area (Å²) in [4.78, 5) is 10.2. The van der Waals surface area contributed by atoms with Crippen LogP contribution < -0.4 is 5.32 Å². The molecule has 0 atom stereocenters. The van der Waals surface area contributed by atoms with Crippen LogP contribution in [0.3, 0.4) is 0 Å². The maximum atomic E-state index is 10.2. The monoisotopic (exact) mass is 182 g/mol. The van der Waals surface area contributed by atoms with Crippen molar-refractivity contribution in [2.24, 2.45) is 0 Å². The molecule has 2 N–H and O–H groups in total. The van der Waals surface area contributed by atoms with Crippen LogP contribution >= 0.6 is 0 Å². The van der Waals surface area contributed by atoms with Gasteiger partial charge in [0.05, 0.1) is 5.75 Å². The summed E-state index contributed by atoms with van der Waals surface area (Å²) >= 11 is 0. The van der Waals surface area contributed by atoms with Gasteiger partial charge < -0.3 is 5.32 Å².